The minimum atomic E-state index is -0.593. The number of benzene rings is 1. The zero-order chi connectivity index (χ0) is 14.0. The Balaban J connectivity index is 2.00. The number of halogens is 2. The number of hydrogen-bond donors (Lipinski definition) is 1. The molecule has 19 heavy (non-hydrogen) atoms. The summed E-state index contributed by atoms with van der Waals surface area (Å²) in [5, 5.41) is 3.12. The molecule has 1 aliphatic rings. The van der Waals surface area contributed by atoms with Crippen molar-refractivity contribution in [1.29, 1.82) is 0 Å². The minimum absolute atomic E-state index is 0.0485. The van der Waals surface area contributed by atoms with Crippen LogP contribution in [0.25, 0.3) is 0 Å². The molecule has 1 heterocycles. The Bertz CT molecular complexity index is 421. The van der Waals surface area contributed by atoms with E-state index >= 15 is 0 Å². The van der Waals surface area contributed by atoms with Crippen LogP contribution < -0.4 is 5.32 Å². The smallest absolute Gasteiger partial charge is 0.162 e. The summed E-state index contributed by atoms with van der Waals surface area (Å²) in [6, 6.07) is 3.35. The first kappa shape index (κ1) is 14.4. The van der Waals surface area contributed by atoms with E-state index in [4.69, 9.17) is 9.47 Å². The molecule has 1 saturated heterocycles. The van der Waals surface area contributed by atoms with Crippen LogP contribution in [0.4, 0.5) is 8.78 Å². The van der Waals surface area contributed by atoms with Crippen LogP contribution in [0.15, 0.2) is 18.2 Å². The Morgan fingerprint density at radius 1 is 1.21 bits per heavy atom. The Labute approximate surface area is 111 Å². The van der Waals surface area contributed by atoms with Crippen molar-refractivity contribution in [2.45, 2.75) is 38.6 Å². The Kier molecular flexibility index (Phi) is 4.18. The number of hydrogen-bond acceptors (Lipinski definition) is 3. The van der Waals surface area contributed by atoms with Gasteiger partial charge in [0.1, 0.15) is 11.6 Å². The molecule has 0 saturated carbocycles. The summed E-state index contributed by atoms with van der Waals surface area (Å²) < 4.78 is 38.3. The molecule has 1 unspecified atom stereocenters. The maximum atomic E-state index is 13.6. The fourth-order valence-corrected chi connectivity index (χ4v) is 2.15. The average molecular weight is 271 g/mol. The van der Waals surface area contributed by atoms with Gasteiger partial charge in [-0.1, -0.05) is 6.07 Å². The lowest BCUT2D eigenvalue weighted by Gasteiger charge is -2.36. The summed E-state index contributed by atoms with van der Waals surface area (Å²) in [4.78, 5) is 0. The highest BCUT2D eigenvalue weighted by Gasteiger charge is 2.29. The van der Waals surface area contributed by atoms with E-state index < -0.39 is 23.5 Å². The molecule has 1 aromatic rings. The predicted molar refractivity (Wildman–Crippen MR) is 67.7 cm³/mol. The molecule has 1 fully saturated rings. The summed E-state index contributed by atoms with van der Waals surface area (Å²) in [6.45, 7) is 6.30. The SMILES string of the molecule is CC(NC1COC(C)(C)OC1)c1c(F)cccc1F. The summed E-state index contributed by atoms with van der Waals surface area (Å²) >= 11 is 0. The van der Waals surface area contributed by atoms with E-state index in [0.717, 1.165) is 0 Å². The van der Waals surface area contributed by atoms with Gasteiger partial charge in [-0.05, 0) is 32.9 Å². The van der Waals surface area contributed by atoms with E-state index in [9.17, 15) is 8.78 Å². The summed E-state index contributed by atoms with van der Waals surface area (Å²) in [5.41, 5.74) is 0.0485. The molecule has 0 bridgehead atoms. The predicted octanol–water partition coefficient (Wildman–Crippen LogP) is 2.77. The van der Waals surface area contributed by atoms with Crippen LogP contribution in [0.1, 0.15) is 32.4 Å². The van der Waals surface area contributed by atoms with Crippen LogP contribution in [-0.4, -0.2) is 25.0 Å². The normalized spacial score (nSPS) is 21.3. The molecular weight excluding hydrogens is 252 g/mol. The number of ether oxygens (including phenoxy) is 2. The lowest BCUT2D eigenvalue weighted by atomic mass is 10.1. The molecule has 1 atom stereocenters. The molecule has 1 aliphatic heterocycles. The van der Waals surface area contributed by atoms with Gasteiger partial charge < -0.3 is 14.8 Å². The molecule has 0 amide bonds. The van der Waals surface area contributed by atoms with E-state index in [0.29, 0.717) is 13.2 Å². The van der Waals surface area contributed by atoms with E-state index in [1.807, 2.05) is 13.8 Å². The van der Waals surface area contributed by atoms with Crippen LogP contribution in [0, 0.1) is 11.6 Å². The van der Waals surface area contributed by atoms with Gasteiger partial charge in [-0.15, -0.1) is 0 Å². The van der Waals surface area contributed by atoms with Crippen LogP contribution in [0.2, 0.25) is 0 Å². The van der Waals surface area contributed by atoms with Crippen molar-refractivity contribution < 1.29 is 18.3 Å². The molecule has 1 N–H and O–H groups in total. The number of rotatable bonds is 3. The third-order valence-corrected chi connectivity index (χ3v) is 3.18. The van der Waals surface area contributed by atoms with Gasteiger partial charge in [-0.2, -0.15) is 0 Å². The second-order valence-corrected chi connectivity index (χ2v) is 5.24. The first-order chi connectivity index (χ1) is 8.89. The monoisotopic (exact) mass is 271 g/mol. The highest BCUT2D eigenvalue weighted by atomic mass is 19.1. The molecule has 3 nitrogen and oxygen atoms in total. The molecule has 1 aromatic carbocycles. The molecule has 0 radical (unpaired) electrons. The zero-order valence-electron chi connectivity index (χ0n) is 11.4. The lowest BCUT2D eigenvalue weighted by molar-refractivity contribution is -0.253. The van der Waals surface area contributed by atoms with Gasteiger partial charge >= 0.3 is 0 Å². The first-order valence-corrected chi connectivity index (χ1v) is 6.37. The first-order valence-electron chi connectivity index (χ1n) is 6.37. The van der Waals surface area contributed by atoms with Crippen molar-refractivity contribution in [3.8, 4) is 0 Å². The molecule has 5 heteroatoms. The highest BCUT2D eigenvalue weighted by Crippen LogP contribution is 2.23. The average Bonchev–Trinajstić information content (AvgIpc) is 2.32. The second kappa shape index (κ2) is 5.53. The minimum Gasteiger partial charge on any atom is -0.349 e. The van der Waals surface area contributed by atoms with Crippen molar-refractivity contribution in [3.05, 3.63) is 35.4 Å². The van der Waals surface area contributed by atoms with Crippen LogP contribution in [-0.2, 0) is 9.47 Å². The van der Waals surface area contributed by atoms with E-state index in [-0.39, 0.29) is 11.6 Å². The van der Waals surface area contributed by atoms with Gasteiger partial charge in [-0.25, -0.2) is 8.78 Å². The largest absolute Gasteiger partial charge is 0.349 e. The summed E-state index contributed by atoms with van der Waals surface area (Å²) in [7, 11) is 0. The van der Waals surface area contributed by atoms with Gasteiger partial charge in [0.15, 0.2) is 5.79 Å². The molecule has 0 aromatic heterocycles. The van der Waals surface area contributed by atoms with Crippen molar-refractivity contribution in [2.75, 3.05) is 13.2 Å². The van der Waals surface area contributed by atoms with Crippen molar-refractivity contribution in [2.24, 2.45) is 0 Å². The van der Waals surface area contributed by atoms with E-state index in [1.165, 1.54) is 18.2 Å². The van der Waals surface area contributed by atoms with Crippen LogP contribution >= 0.6 is 0 Å². The lowest BCUT2D eigenvalue weighted by Crippen LogP contribution is -2.49. The van der Waals surface area contributed by atoms with Gasteiger partial charge in [0.25, 0.3) is 0 Å². The topological polar surface area (TPSA) is 30.5 Å². The quantitative estimate of drug-likeness (QED) is 0.917. The molecule has 0 aliphatic carbocycles. The maximum absolute atomic E-state index is 13.6. The van der Waals surface area contributed by atoms with Crippen molar-refractivity contribution in [1.82, 2.24) is 5.32 Å². The van der Waals surface area contributed by atoms with Crippen LogP contribution in [0.3, 0.4) is 0 Å². The summed E-state index contributed by atoms with van der Waals surface area (Å²) in [5.74, 6) is -1.68. The standard InChI is InChI=1S/C14H19F2NO2/c1-9(13-11(15)5-4-6-12(13)16)17-10-7-18-14(2,3)19-8-10/h4-6,9-10,17H,7-8H2,1-3H3. The zero-order valence-corrected chi connectivity index (χ0v) is 11.4. The second-order valence-electron chi connectivity index (χ2n) is 5.24. The van der Waals surface area contributed by atoms with Crippen LogP contribution in [0.5, 0.6) is 0 Å². The van der Waals surface area contributed by atoms with E-state index in [2.05, 4.69) is 5.32 Å². The Morgan fingerprint density at radius 2 is 1.74 bits per heavy atom. The molecule has 2 rings (SSSR count). The molecular formula is C14H19F2NO2. The van der Waals surface area contributed by atoms with Gasteiger partial charge in [0.2, 0.25) is 0 Å². The fourth-order valence-electron chi connectivity index (χ4n) is 2.15. The maximum Gasteiger partial charge on any atom is 0.162 e. The Morgan fingerprint density at radius 3 is 2.26 bits per heavy atom. The van der Waals surface area contributed by atoms with E-state index in [1.54, 1.807) is 6.92 Å². The van der Waals surface area contributed by atoms with Gasteiger partial charge in [-0.3, -0.25) is 0 Å². The Hall–Kier alpha value is -1.04. The molecule has 106 valence electrons. The fraction of sp³-hybridized carbons (Fsp3) is 0.571. The molecule has 0 spiro atoms. The van der Waals surface area contributed by atoms with Crippen molar-refractivity contribution in [3.63, 3.8) is 0 Å². The third kappa shape index (κ3) is 3.49. The van der Waals surface area contributed by atoms with Gasteiger partial charge in [0, 0.05) is 11.6 Å². The summed E-state index contributed by atoms with van der Waals surface area (Å²) in [6.07, 6.45) is 0. The van der Waals surface area contributed by atoms with Crippen molar-refractivity contribution >= 4 is 0 Å². The number of nitrogens with one attached hydrogen (secondary N) is 1. The third-order valence-electron chi connectivity index (χ3n) is 3.18. The van der Waals surface area contributed by atoms with Gasteiger partial charge in [0.05, 0.1) is 19.3 Å². The highest BCUT2D eigenvalue weighted by molar-refractivity contribution is 5.22.